The van der Waals surface area contributed by atoms with Crippen molar-refractivity contribution >= 4 is 0 Å². The van der Waals surface area contributed by atoms with Crippen molar-refractivity contribution in [3.63, 3.8) is 0 Å². The molecule has 0 saturated heterocycles. The van der Waals surface area contributed by atoms with E-state index >= 15 is 0 Å². The highest BCUT2D eigenvalue weighted by atomic mass is 16.3. The highest BCUT2D eigenvalue weighted by molar-refractivity contribution is 5.30. The van der Waals surface area contributed by atoms with E-state index in [2.05, 4.69) is 55.0 Å². The van der Waals surface area contributed by atoms with Gasteiger partial charge in [0.1, 0.15) is 0 Å². The molecule has 0 unspecified atom stereocenters. The molecular weight excluding hydrogens is 388 g/mol. The van der Waals surface area contributed by atoms with Gasteiger partial charge in [0.15, 0.2) is 0 Å². The summed E-state index contributed by atoms with van der Waals surface area (Å²) in [5, 5.41) is 10.9. The van der Waals surface area contributed by atoms with Crippen LogP contribution in [-0.2, 0) is 0 Å². The van der Waals surface area contributed by atoms with Crippen LogP contribution in [-0.4, -0.2) is 11.2 Å². The Balaban J connectivity index is 1.39. The van der Waals surface area contributed by atoms with Gasteiger partial charge in [-0.05, 0) is 127 Å². The molecule has 9 atom stereocenters. The lowest BCUT2D eigenvalue weighted by Crippen LogP contribution is -2.57. The first-order valence-electron chi connectivity index (χ1n) is 14.2. The van der Waals surface area contributed by atoms with Crippen molar-refractivity contribution < 1.29 is 5.11 Å². The maximum Gasteiger partial charge on any atom is 0.0594 e. The fourth-order valence-electron chi connectivity index (χ4n) is 11.2. The first-order chi connectivity index (χ1) is 14.9. The van der Waals surface area contributed by atoms with Crippen molar-refractivity contribution in [3.05, 3.63) is 12.2 Å². The van der Waals surface area contributed by atoms with Gasteiger partial charge in [0, 0.05) is 0 Å². The summed E-state index contributed by atoms with van der Waals surface area (Å²) >= 11 is 0. The zero-order chi connectivity index (χ0) is 23.3. The molecular formula is C31H52O. The van der Waals surface area contributed by atoms with E-state index in [1.807, 2.05) is 0 Å². The van der Waals surface area contributed by atoms with Crippen LogP contribution in [0.1, 0.15) is 119 Å². The first kappa shape index (κ1) is 23.4. The molecule has 5 aliphatic carbocycles. The van der Waals surface area contributed by atoms with Crippen LogP contribution in [0, 0.1) is 56.7 Å². The van der Waals surface area contributed by atoms with E-state index < -0.39 is 0 Å². The highest BCUT2D eigenvalue weighted by Gasteiger charge is 2.82. The molecule has 1 heteroatoms. The molecule has 0 aromatic heterocycles. The molecule has 0 heterocycles. The van der Waals surface area contributed by atoms with Gasteiger partial charge in [0.2, 0.25) is 0 Å². The third kappa shape index (κ3) is 2.73. The molecule has 5 rings (SSSR count). The van der Waals surface area contributed by atoms with E-state index in [0.29, 0.717) is 27.6 Å². The molecule has 0 aromatic carbocycles. The van der Waals surface area contributed by atoms with Gasteiger partial charge in [-0.15, -0.1) is 0 Å². The summed E-state index contributed by atoms with van der Waals surface area (Å²) in [4.78, 5) is 0. The fourth-order valence-corrected chi connectivity index (χ4v) is 11.2. The SMILES string of the molecule is C=C(CC[C@@H](C)[C@@H]1CC[C@@]2(C)[C@H]3CC[C@@H]4C(C)(C)[C@H](O)CC[C@]45C[C@]35CC[C@]12C)C(C)C. The van der Waals surface area contributed by atoms with Crippen LogP contribution in [0.2, 0.25) is 0 Å². The molecule has 5 fully saturated rings. The van der Waals surface area contributed by atoms with Crippen LogP contribution in [0.3, 0.4) is 0 Å². The molecule has 1 nitrogen and oxygen atoms in total. The summed E-state index contributed by atoms with van der Waals surface area (Å²) in [6, 6.07) is 0. The number of allylic oxidation sites excluding steroid dienone is 1. The summed E-state index contributed by atoms with van der Waals surface area (Å²) in [5.74, 6) is 4.02. The van der Waals surface area contributed by atoms with E-state index in [4.69, 9.17) is 0 Å². The Bertz CT molecular complexity index is 779. The average molecular weight is 441 g/mol. The zero-order valence-corrected chi connectivity index (χ0v) is 22.4. The zero-order valence-electron chi connectivity index (χ0n) is 22.4. The van der Waals surface area contributed by atoms with Crippen molar-refractivity contribution in [1.29, 1.82) is 0 Å². The Morgan fingerprint density at radius 2 is 1.50 bits per heavy atom. The standard InChI is InChI=1S/C31H52O/c1-20(2)21(3)9-10-22(4)23-13-15-29(8)25-12-11-24-27(5,6)26(32)14-16-30(24)19-31(25,30)18-17-28(23,29)7/h20,22-26,32H,3,9-19H2,1-2,4-8H3/t22-,23+,24-,25-,26-,28-,29+,30+,31-/m1/s1. The van der Waals surface area contributed by atoms with E-state index in [1.54, 1.807) is 0 Å². The van der Waals surface area contributed by atoms with Crippen LogP contribution in [0.5, 0.6) is 0 Å². The van der Waals surface area contributed by atoms with Crippen LogP contribution >= 0.6 is 0 Å². The number of hydrogen-bond donors (Lipinski definition) is 1. The minimum absolute atomic E-state index is 0.0888. The van der Waals surface area contributed by atoms with E-state index in [-0.39, 0.29) is 11.5 Å². The van der Waals surface area contributed by atoms with Gasteiger partial charge in [-0.25, -0.2) is 0 Å². The Morgan fingerprint density at radius 1 is 0.844 bits per heavy atom. The Morgan fingerprint density at radius 3 is 2.19 bits per heavy atom. The maximum atomic E-state index is 10.9. The van der Waals surface area contributed by atoms with Gasteiger partial charge >= 0.3 is 0 Å². The summed E-state index contributed by atoms with van der Waals surface area (Å²) < 4.78 is 0. The summed E-state index contributed by atoms with van der Waals surface area (Å²) in [5.41, 5.74) is 3.79. The van der Waals surface area contributed by atoms with Crippen LogP contribution < -0.4 is 0 Å². The molecule has 2 spiro atoms. The van der Waals surface area contributed by atoms with Gasteiger partial charge in [0.05, 0.1) is 6.10 Å². The fraction of sp³-hybridized carbons (Fsp3) is 0.935. The minimum atomic E-state index is -0.0888. The highest BCUT2D eigenvalue weighted by Crippen LogP contribution is 2.89. The summed E-state index contributed by atoms with van der Waals surface area (Å²) in [6.07, 6.45) is 15.0. The molecule has 5 saturated carbocycles. The molecule has 32 heavy (non-hydrogen) atoms. The van der Waals surface area contributed by atoms with E-state index in [9.17, 15) is 5.11 Å². The minimum Gasteiger partial charge on any atom is -0.393 e. The van der Waals surface area contributed by atoms with Gasteiger partial charge < -0.3 is 5.11 Å². The summed E-state index contributed by atoms with van der Waals surface area (Å²) in [6.45, 7) is 21.8. The number of fused-ring (bicyclic) bond motifs is 2. The first-order valence-corrected chi connectivity index (χ1v) is 14.2. The number of rotatable bonds is 5. The maximum absolute atomic E-state index is 10.9. The smallest absolute Gasteiger partial charge is 0.0594 e. The average Bonchev–Trinajstić information content (AvgIpc) is 3.31. The largest absolute Gasteiger partial charge is 0.393 e. The van der Waals surface area contributed by atoms with Crippen molar-refractivity contribution in [1.82, 2.24) is 0 Å². The molecule has 0 aromatic rings. The third-order valence-electron chi connectivity index (χ3n) is 13.6. The van der Waals surface area contributed by atoms with E-state index in [1.165, 1.54) is 69.8 Å². The molecule has 0 radical (unpaired) electrons. The molecule has 1 N–H and O–H groups in total. The number of aliphatic hydroxyl groups is 1. The lowest BCUT2D eigenvalue weighted by molar-refractivity contribution is -0.161. The monoisotopic (exact) mass is 440 g/mol. The Kier molecular flexibility index (Phi) is 5.21. The topological polar surface area (TPSA) is 20.2 Å². The molecule has 5 aliphatic rings. The van der Waals surface area contributed by atoms with Crippen molar-refractivity contribution in [3.8, 4) is 0 Å². The van der Waals surface area contributed by atoms with Crippen LogP contribution in [0.25, 0.3) is 0 Å². The van der Waals surface area contributed by atoms with Crippen molar-refractivity contribution in [2.45, 2.75) is 125 Å². The second-order valence-electron chi connectivity index (χ2n) is 14.9. The molecule has 0 aliphatic heterocycles. The van der Waals surface area contributed by atoms with Gasteiger partial charge in [-0.3, -0.25) is 0 Å². The lowest BCUT2D eigenvalue weighted by Gasteiger charge is -2.63. The Hall–Kier alpha value is -0.300. The quantitative estimate of drug-likeness (QED) is 0.425. The predicted octanol–water partition coefficient (Wildman–Crippen LogP) is 8.41. The van der Waals surface area contributed by atoms with Gasteiger partial charge in [0.25, 0.3) is 0 Å². The van der Waals surface area contributed by atoms with Crippen LogP contribution in [0.4, 0.5) is 0 Å². The second-order valence-corrected chi connectivity index (χ2v) is 14.9. The second kappa shape index (κ2) is 7.11. The number of aliphatic hydroxyl groups excluding tert-OH is 1. The van der Waals surface area contributed by atoms with Gasteiger partial charge in [-0.1, -0.05) is 60.6 Å². The third-order valence-corrected chi connectivity index (χ3v) is 13.6. The van der Waals surface area contributed by atoms with Crippen LogP contribution in [0.15, 0.2) is 12.2 Å². The Labute approximate surface area is 199 Å². The molecule has 0 bridgehead atoms. The van der Waals surface area contributed by atoms with Gasteiger partial charge in [-0.2, -0.15) is 0 Å². The number of hydrogen-bond acceptors (Lipinski definition) is 1. The predicted molar refractivity (Wildman–Crippen MR) is 135 cm³/mol. The molecule has 0 amide bonds. The van der Waals surface area contributed by atoms with E-state index in [0.717, 1.165) is 30.1 Å². The molecule has 182 valence electrons. The lowest BCUT2D eigenvalue weighted by atomic mass is 9.41. The van der Waals surface area contributed by atoms with Crippen molar-refractivity contribution in [2.75, 3.05) is 0 Å². The normalized spacial score (nSPS) is 51.9. The summed E-state index contributed by atoms with van der Waals surface area (Å²) in [7, 11) is 0. The van der Waals surface area contributed by atoms with Crippen molar-refractivity contribution in [2.24, 2.45) is 56.7 Å².